The molecule has 6 N–H and O–H groups in total. The molecule has 0 aromatic heterocycles. The first-order valence-corrected chi connectivity index (χ1v) is 25.3. The lowest BCUT2D eigenvalue weighted by Crippen LogP contribution is -2.64. The highest BCUT2D eigenvalue weighted by molar-refractivity contribution is 7.47. The Morgan fingerprint density at radius 3 is 1.45 bits per heavy atom. The number of phosphoric ester groups is 1. The van der Waals surface area contributed by atoms with Crippen LogP contribution in [-0.2, 0) is 27.9 Å². The second-order valence-electron chi connectivity index (χ2n) is 16.2. The molecule has 0 spiro atoms. The minimum absolute atomic E-state index is 0.0964. The highest BCUT2D eigenvalue weighted by atomic mass is 31.2. The number of hydrogen-bond acceptors (Lipinski definition) is 11. The monoisotopic (exact) mass is 897 g/mol. The van der Waals surface area contributed by atoms with Crippen molar-refractivity contribution in [3.05, 3.63) is 72.9 Å². The smallest absolute Gasteiger partial charge is 0.457 e. The van der Waals surface area contributed by atoms with E-state index in [1.165, 1.54) is 38.5 Å². The number of phosphoric acid groups is 1. The van der Waals surface area contributed by atoms with Crippen molar-refractivity contribution in [3.63, 3.8) is 0 Å². The topological polar surface area (TPSA) is 192 Å². The second kappa shape index (κ2) is 39.2. The van der Waals surface area contributed by atoms with E-state index in [4.69, 9.17) is 18.5 Å². The predicted molar refractivity (Wildman–Crippen MR) is 248 cm³/mol. The number of allylic oxidation sites excluding steroid dienone is 12. The number of aliphatic hydroxyl groups excluding tert-OH is 5. The van der Waals surface area contributed by atoms with Crippen LogP contribution in [0.25, 0.3) is 0 Å². The Kier molecular flexibility index (Phi) is 36.5. The van der Waals surface area contributed by atoms with Crippen LogP contribution in [0, 0.1) is 0 Å². The van der Waals surface area contributed by atoms with Gasteiger partial charge in [-0.2, -0.15) is 0 Å². The highest BCUT2D eigenvalue weighted by Crippen LogP contribution is 2.47. The summed E-state index contributed by atoms with van der Waals surface area (Å²) in [6.07, 6.45) is 38.2. The standard InChI is InChI=1S/C49H85O12P/c1-3-5-7-9-11-13-15-17-19-21-23-25-27-29-31-33-35-37-39-58-40-42(41-59-62(56,57)61-49-47(54)45(52)44(51)46(53)48(49)55)60-43(50)38-36-34-32-30-28-26-24-22-20-18-16-14-12-10-8-6-4-2/h5,7,11-14,17-20,23,25,42,44-49,51-55H,3-4,6,8-10,15-16,21-22,24,26-41H2,1-2H3,(H,56,57)/b7-5-,13-11-,14-12-,19-17-,20-18-,25-23-. The average Bonchev–Trinajstić information content (AvgIpc) is 3.26. The predicted octanol–water partition coefficient (Wildman–Crippen LogP) is 9.97. The summed E-state index contributed by atoms with van der Waals surface area (Å²) in [4.78, 5) is 23.2. The van der Waals surface area contributed by atoms with Crippen LogP contribution in [0.3, 0.4) is 0 Å². The summed E-state index contributed by atoms with van der Waals surface area (Å²) in [6.45, 7) is 4.06. The molecule has 0 aromatic carbocycles. The summed E-state index contributed by atoms with van der Waals surface area (Å²) < 4.78 is 34.2. The van der Waals surface area contributed by atoms with E-state index in [0.29, 0.717) is 13.0 Å². The Morgan fingerprint density at radius 1 is 0.532 bits per heavy atom. The maximum atomic E-state index is 12.8. The third-order valence-corrected chi connectivity index (χ3v) is 11.5. The molecule has 0 aliphatic heterocycles. The molecule has 358 valence electrons. The molecule has 12 nitrogen and oxygen atoms in total. The van der Waals surface area contributed by atoms with Gasteiger partial charge in [0.25, 0.3) is 0 Å². The van der Waals surface area contributed by atoms with Crippen LogP contribution in [-0.4, -0.2) is 98.9 Å². The Morgan fingerprint density at radius 2 is 0.952 bits per heavy atom. The minimum Gasteiger partial charge on any atom is -0.457 e. The van der Waals surface area contributed by atoms with Crippen molar-refractivity contribution in [1.82, 2.24) is 0 Å². The lowest BCUT2D eigenvalue weighted by molar-refractivity contribution is -0.220. The summed E-state index contributed by atoms with van der Waals surface area (Å²) in [5.74, 6) is -0.495. The number of rotatable bonds is 39. The molecule has 62 heavy (non-hydrogen) atoms. The summed E-state index contributed by atoms with van der Waals surface area (Å²) in [6, 6.07) is 0. The number of carbonyl (C=O) groups is 1. The van der Waals surface area contributed by atoms with Gasteiger partial charge in [-0.1, -0.05) is 151 Å². The largest absolute Gasteiger partial charge is 0.472 e. The van der Waals surface area contributed by atoms with Gasteiger partial charge in [0.2, 0.25) is 0 Å². The van der Waals surface area contributed by atoms with Crippen LogP contribution in [0.15, 0.2) is 72.9 Å². The maximum Gasteiger partial charge on any atom is 0.472 e. The number of unbranched alkanes of at least 4 members (excludes halogenated alkanes) is 15. The Balaban J connectivity index is 2.41. The molecule has 1 aliphatic rings. The van der Waals surface area contributed by atoms with Crippen LogP contribution >= 0.6 is 7.82 Å². The van der Waals surface area contributed by atoms with E-state index in [2.05, 4.69) is 86.8 Å². The molecular formula is C49H85O12P. The van der Waals surface area contributed by atoms with E-state index in [9.17, 15) is 39.8 Å². The first-order valence-electron chi connectivity index (χ1n) is 23.8. The van der Waals surface area contributed by atoms with Crippen molar-refractivity contribution in [2.24, 2.45) is 0 Å². The zero-order valence-electron chi connectivity index (χ0n) is 38.1. The fraction of sp³-hybridized carbons (Fsp3) is 0.735. The van der Waals surface area contributed by atoms with E-state index >= 15 is 0 Å². The molecule has 1 fully saturated rings. The van der Waals surface area contributed by atoms with Crippen molar-refractivity contribution >= 4 is 13.8 Å². The number of carbonyl (C=O) groups excluding carboxylic acids is 1. The van der Waals surface area contributed by atoms with Crippen molar-refractivity contribution in [2.45, 2.75) is 211 Å². The molecule has 0 saturated heterocycles. The Hall–Kier alpha value is -2.22. The van der Waals surface area contributed by atoms with Gasteiger partial charge < -0.3 is 39.9 Å². The van der Waals surface area contributed by atoms with Gasteiger partial charge in [0, 0.05) is 13.0 Å². The number of esters is 1. The van der Waals surface area contributed by atoms with Gasteiger partial charge in [-0.05, 0) is 83.5 Å². The summed E-state index contributed by atoms with van der Waals surface area (Å²) in [7, 11) is -5.03. The van der Waals surface area contributed by atoms with Gasteiger partial charge in [0.05, 0.1) is 13.2 Å². The van der Waals surface area contributed by atoms with Crippen LogP contribution in [0.4, 0.5) is 0 Å². The summed E-state index contributed by atoms with van der Waals surface area (Å²) >= 11 is 0. The van der Waals surface area contributed by atoms with E-state index in [1.54, 1.807) is 0 Å². The first kappa shape index (κ1) is 57.8. The quantitative estimate of drug-likeness (QED) is 0.0148. The Bertz CT molecular complexity index is 1300. The molecule has 6 atom stereocenters. The molecular weight excluding hydrogens is 812 g/mol. The third kappa shape index (κ3) is 30.8. The van der Waals surface area contributed by atoms with Crippen molar-refractivity contribution in [2.75, 3.05) is 19.8 Å². The fourth-order valence-corrected chi connectivity index (χ4v) is 7.76. The number of ether oxygens (including phenoxy) is 2. The van der Waals surface area contributed by atoms with Gasteiger partial charge in [-0.3, -0.25) is 13.8 Å². The lowest BCUT2D eigenvalue weighted by atomic mass is 9.85. The normalized spacial score (nSPS) is 22.6. The van der Waals surface area contributed by atoms with Crippen LogP contribution in [0.5, 0.6) is 0 Å². The second-order valence-corrected chi connectivity index (χ2v) is 17.6. The zero-order valence-corrected chi connectivity index (χ0v) is 39.0. The van der Waals surface area contributed by atoms with Crippen LogP contribution < -0.4 is 0 Å². The van der Waals surface area contributed by atoms with Crippen LogP contribution in [0.2, 0.25) is 0 Å². The Labute approximate surface area is 374 Å². The third-order valence-electron chi connectivity index (χ3n) is 10.6. The van der Waals surface area contributed by atoms with E-state index < -0.39 is 63.1 Å². The number of hydrogen-bond donors (Lipinski definition) is 6. The van der Waals surface area contributed by atoms with Crippen LogP contribution in [0.1, 0.15) is 168 Å². The maximum absolute atomic E-state index is 12.8. The SMILES string of the molecule is CC/C=C\C/C=C\C/C=C\C/C=C\CCCCCCCOCC(COP(=O)(O)OC1C(O)C(O)C(O)C(O)C1O)OC(=O)CCCCCCCCC/C=C\C/C=C\CCCCC. The zero-order chi connectivity index (χ0) is 45.5. The summed E-state index contributed by atoms with van der Waals surface area (Å²) in [5, 5.41) is 50.2. The molecule has 0 heterocycles. The average molecular weight is 897 g/mol. The number of aliphatic hydroxyl groups is 5. The highest BCUT2D eigenvalue weighted by Gasteiger charge is 2.51. The van der Waals surface area contributed by atoms with Crippen molar-refractivity contribution in [1.29, 1.82) is 0 Å². The molecule has 0 aromatic rings. The van der Waals surface area contributed by atoms with Gasteiger partial charge >= 0.3 is 13.8 Å². The molecule has 1 saturated carbocycles. The molecule has 1 aliphatic carbocycles. The molecule has 13 heteroatoms. The minimum atomic E-state index is -5.03. The van der Waals surface area contributed by atoms with Gasteiger partial charge in [-0.25, -0.2) is 4.57 Å². The van der Waals surface area contributed by atoms with Gasteiger partial charge in [0.15, 0.2) is 0 Å². The van der Waals surface area contributed by atoms with Gasteiger partial charge in [0.1, 0.15) is 42.7 Å². The molecule has 0 radical (unpaired) electrons. The summed E-state index contributed by atoms with van der Waals surface area (Å²) in [5.41, 5.74) is 0. The molecule has 6 unspecified atom stereocenters. The lowest BCUT2D eigenvalue weighted by Gasteiger charge is -2.41. The van der Waals surface area contributed by atoms with Gasteiger partial charge in [-0.15, -0.1) is 0 Å². The van der Waals surface area contributed by atoms with E-state index in [0.717, 1.165) is 103 Å². The van der Waals surface area contributed by atoms with Crippen molar-refractivity contribution in [3.8, 4) is 0 Å². The first-order chi connectivity index (χ1) is 30.0. The molecule has 1 rings (SSSR count). The van der Waals surface area contributed by atoms with E-state index in [-0.39, 0.29) is 13.0 Å². The molecule has 0 bridgehead atoms. The van der Waals surface area contributed by atoms with Crippen molar-refractivity contribution < 1.29 is 58.3 Å². The van der Waals surface area contributed by atoms with E-state index in [1.807, 2.05) is 0 Å². The molecule has 0 amide bonds. The fourth-order valence-electron chi connectivity index (χ4n) is 6.79.